The molecule has 0 bridgehead atoms. The summed E-state index contributed by atoms with van der Waals surface area (Å²) < 4.78 is 1.01. The van der Waals surface area contributed by atoms with Gasteiger partial charge in [-0.05, 0) is 41.4 Å². The molecule has 12 heavy (non-hydrogen) atoms. The minimum atomic E-state index is 0.571. The molecule has 0 saturated heterocycles. The molecule has 0 aliphatic carbocycles. The number of aliphatic imine (C=N–C) groups is 1. The predicted octanol–water partition coefficient (Wildman–Crippen LogP) is 2.77. The van der Waals surface area contributed by atoms with Crippen molar-refractivity contribution < 1.29 is 0 Å². The molecule has 0 spiro atoms. The second-order valence-electron chi connectivity index (χ2n) is 2.66. The van der Waals surface area contributed by atoms with Gasteiger partial charge < -0.3 is 5.73 Å². The maximum atomic E-state index is 5.47. The van der Waals surface area contributed by atoms with Crippen LogP contribution in [0.2, 0.25) is 0 Å². The number of benzene rings is 1. The number of hydrogen-bond acceptors (Lipinski definition) is 1. The molecule has 0 amide bonds. The lowest BCUT2D eigenvalue weighted by Crippen LogP contribution is -2.03. The van der Waals surface area contributed by atoms with Gasteiger partial charge in [-0.15, -0.1) is 0 Å². The molecule has 3 heteroatoms. The average molecular weight is 227 g/mol. The molecule has 0 aliphatic heterocycles. The maximum Gasteiger partial charge on any atom is 0.0965 e. The molecule has 0 atom stereocenters. The molecule has 0 aliphatic rings. The molecular weight excluding hydrogens is 216 g/mol. The summed E-state index contributed by atoms with van der Waals surface area (Å²) in [6.07, 6.45) is 0. The van der Waals surface area contributed by atoms with Gasteiger partial charge in [-0.2, -0.15) is 0 Å². The molecule has 0 unspecified atom stereocenters. The van der Waals surface area contributed by atoms with Crippen LogP contribution in [0.1, 0.15) is 12.5 Å². The minimum absolute atomic E-state index is 0.571. The van der Waals surface area contributed by atoms with Gasteiger partial charge in [0.15, 0.2) is 0 Å². The van der Waals surface area contributed by atoms with Crippen molar-refractivity contribution in [2.24, 2.45) is 10.7 Å². The summed E-state index contributed by atoms with van der Waals surface area (Å²) in [6.45, 7) is 3.80. The molecule has 1 aromatic carbocycles. The van der Waals surface area contributed by atoms with Crippen molar-refractivity contribution in [1.29, 1.82) is 0 Å². The third-order valence-electron chi connectivity index (χ3n) is 1.47. The minimum Gasteiger partial charge on any atom is -0.387 e. The summed E-state index contributed by atoms with van der Waals surface area (Å²) in [7, 11) is 0. The highest BCUT2D eigenvalue weighted by Gasteiger charge is 1.99. The van der Waals surface area contributed by atoms with E-state index in [2.05, 4.69) is 20.9 Å². The Balaban J connectivity index is 3.17. The third-order valence-corrected chi connectivity index (χ3v) is 2.50. The summed E-state index contributed by atoms with van der Waals surface area (Å²) in [5.41, 5.74) is 7.52. The van der Waals surface area contributed by atoms with Crippen LogP contribution in [0.15, 0.2) is 27.7 Å². The van der Waals surface area contributed by atoms with Gasteiger partial charge in [-0.25, -0.2) is 4.99 Å². The SMILES string of the molecule is CC(N)=Nc1cccc(C)c1Br. The Hall–Kier alpha value is -0.830. The first-order chi connectivity index (χ1) is 5.61. The fraction of sp³-hybridized carbons (Fsp3) is 0.222. The normalized spacial score (nSPS) is 11.8. The lowest BCUT2D eigenvalue weighted by atomic mass is 10.2. The van der Waals surface area contributed by atoms with Gasteiger partial charge in [0.1, 0.15) is 0 Å². The second kappa shape index (κ2) is 3.72. The first kappa shape index (κ1) is 9.26. The van der Waals surface area contributed by atoms with Crippen molar-refractivity contribution in [2.45, 2.75) is 13.8 Å². The Morgan fingerprint density at radius 2 is 2.17 bits per heavy atom. The van der Waals surface area contributed by atoms with Gasteiger partial charge in [0, 0.05) is 4.47 Å². The van der Waals surface area contributed by atoms with Gasteiger partial charge in [-0.3, -0.25) is 0 Å². The lowest BCUT2D eigenvalue weighted by Gasteiger charge is -2.01. The number of nitrogens with two attached hydrogens (primary N) is 1. The molecule has 0 saturated carbocycles. The van der Waals surface area contributed by atoms with E-state index in [0.717, 1.165) is 15.7 Å². The van der Waals surface area contributed by atoms with Gasteiger partial charge in [-0.1, -0.05) is 12.1 Å². The van der Waals surface area contributed by atoms with E-state index in [9.17, 15) is 0 Å². The topological polar surface area (TPSA) is 38.4 Å². The zero-order valence-electron chi connectivity index (χ0n) is 7.13. The Bertz CT molecular complexity index is 314. The van der Waals surface area contributed by atoms with Crippen LogP contribution in [0.25, 0.3) is 0 Å². The summed E-state index contributed by atoms with van der Waals surface area (Å²) in [6, 6.07) is 5.91. The van der Waals surface area contributed by atoms with Crippen molar-refractivity contribution in [2.75, 3.05) is 0 Å². The quantitative estimate of drug-likeness (QED) is 0.581. The summed E-state index contributed by atoms with van der Waals surface area (Å²) in [5.74, 6) is 0.571. The van der Waals surface area contributed by atoms with Crippen molar-refractivity contribution >= 4 is 27.5 Å². The fourth-order valence-corrected chi connectivity index (χ4v) is 1.26. The fourth-order valence-electron chi connectivity index (χ4n) is 0.908. The number of amidine groups is 1. The maximum absolute atomic E-state index is 5.47. The van der Waals surface area contributed by atoms with Crippen molar-refractivity contribution in [1.82, 2.24) is 0 Å². The first-order valence-corrected chi connectivity index (χ1v) is 4.46. The molecule has 1 aromatic rings. The Morgan fingerprint density at radius 1 is 1.50 bits per heavy atom. The Kier molecular flexibility index (Phi) is 2.87. The van der Waals surface area contributed by atoms with Crippen LogP contribution in [0.5, 0.6) is 0 Å². The van der Waals surface area contributed by atoms with E-state index in [4.69, 9.17) is 5.73 Å². The average Bonchev–Trinajstić information content (AvgIpc) is 1.98. The molecule has 1 rings (SSSR count). The van der Waals surface area contributed by atoms with Crippen LogP contribution in [0.3, 0.4) is 0 Å². The second-order valence-corrected chi connectivity index (χ2v) is 3.45. The van der Waals surface area contributed by atoms with E-state index in [1.54, 1.807) is 6.92 Å². The summed E-state index contributed by atoms with van der Waals surface area (Å²) in [4.78, 5) is 4.17. The van der Waals surface area contributed by atoms with Crippen molar-refractivity contribution in [3.8, 4) is 0 Å². The lowest BCUT2D eigenvalue weighted by molar-refractivity contribution is 1.37. The molecule has 0 radical (unpaired) electrons. The van der Waals surface area contributed by atoms with E-state index in [-0.39, 0.29) is 0 Å². The smallest absolute Gasteiger partial charge is 0.0965 e. The van der Waals surface area contributed by atoms with Gasteiger partial charge in [0.05, 0.1) is 11.5 Å². The van der Waals surface area contributed by atoms with E-state index in [1.807, 2.05) is 25.1 Å². The van der Waals surface area contributed by atoms with Crippen LogP contribution in [-0.2, 0) is 0 Å². The number of halogens is 1. The van der Waals surface area contributed by atoms with E-state index in [1.165, 1.54) is 0 Å². The van der Waals surface area contributed by atoms with Gasteiger partial charge >= 0.3 is 0 Å². The van der Waals surface area contributed by atoms with Crippen LogP contribution in [0, 0.1) is 6.92 Å². The van der Waals surface area contributed by atoms with Crippen LogP contribution >= 0.6 is 15.9 Å². The molecule has 64 valence electrons. The molecule has 2 nitrogen and oxygen atoms in total. The van der Waals surface area contributed by atoms with E-state index < -0.39 is 0 Å². The molecule has 2 N–H and O–H groups in total. The zero-order valence-corrected chi connectivity index (χ0v) is 8.72. The summed E-state index contributed by atoms with van der Waals surface area (Å²) in [5, 5.41) is 0. The van der Waals surface area contributed by atoms with Crippen LogP contribution in [0.4, 0.5) is 5.69 Å². The number of rotatable bonds is 1. The Labute approximate surface area is 80.6 Å². The standard InChI is InChI=1S/C9H11BrN2/c1-6-4-3-5-8(9(6)10)12-7(2)11/h3-5H,1-2H3,(H2,11,12). The third kappa shape index (κ3) is 2.08. The molecule has 0 aromatic heterocycles. The highest BCUT2D eigenvalue weighted by Crippen LogP contribution is 2.27. The van der Waals surface area contributed by atoms with Crippen LogP contribution < -0.4 is 5.73 Å². The highest BCUT2D eigenvalue weighted by atomic mass is 79.9. The van der Waals surface area contributed by atoms with Gasteiger partial charge in [0.2, 0.25) is 0 Å². The molecule has 0 heterocycles. The van der Waals surface area contributed by atoms with Gasteiger partial charge in [0.25, 0.3) is 0 Å². The van der Waals surface area contributed by atoms with Crippen molar-refractivity contribution in [3.63, 3.8) is 0 Å². The molecule has 0 fully saturated rings. The zero-order chi connectivity index (χ0) is 9.14. The highest BCUT2D eigenvalue weighted by molar-refractivity contribution is 9.10. The molecular formula is C9H11BrN2. The number of nitrogens with zero attached hydrogens (tertiary/aromatic N) is 1. The van der Waals surface area contributed by atoms with Crippen molar-refractivity contribution in [3.05, 3.63) is 28.2 Å². The summed E-state index contributed by atoms with van der Waals surface area (Å²) >= 11 is 3.45. The monoisotopic (exact) mass is 226 g/mol. The van der Waals surface area contributed by atoms with E-state index in [0.29, 0.717) is 5.84 Å². The number of aryl methyl sites for hydroxylation is 1. The largest absolute Gasteiger partial charge is 0.387 e. The number of hydrogen-bond donors (Lipinski definition) is 1. The Morgan fingerprint density at radius 3 is 2.75 bits per heavy atom. The van der Waals surface area contributed by atoms with E-state index >= 15 is 0 Å². The first-order valence-electron chi connectivity index (χ1n) is 3.67. The predicted molar refractivity (Wildman–Crippen MR) is 55.8 cm³/mol. The van der Waals surface area contributed by atoms with Crippen LogP contribution in [-0.4, -0.2) is 5.84 Å².